The van der Waals surface area contributed by atoms with E-state index in [0.29, 0.717) is 10.0 Å². The standard InChI is InChI=1S/C18H17Cl2F3N2O/c19-13-3-6-15(16(20)11-13)17(25-9-7-24-8-10-25)12-1-4-14(5-2-12)26-18(21,22)23/h1-6,11,17,24H,7-10H2/t17-/m1/s1. The van der Waals surface area contributed by atoms with Gasteiger partial charge in [0.05, 0.1) is 6.04 Å². The Kier molecular flexibility index (Phi) is 5.97. The summed E-state index contributed by atoms with van der Waals surface area (Å²) in [6, 6.07) is 11.0. The van der Waals surface area contributed by atoms with Crippen LogP contribution in [-0.4, -0.2) is 37.4 Å². The molecule has 3 rings (SSSR count). The molecule has 0 amide bonds. The van der Waals surface area contributed by atoms with Crippen molar-refractivity contribution in [1.82, 2.24) is 10.2 Å². The van der Waals surface area contributed by atoms with Crippen LogP contribution in [0.15, 0.2) is 42.5 Å². The number of nitrogens with zero attached hydrogens (tertiary/aromatic N) is 1. The molecule has 3 nitrogen and oxygen atoms in total. The summed E-state index contributed by atoms with van der Waals surface area (Å²) in [7, 11) is 0. The normalized spacial score (nSPS) is 17.1. The lowest BCUT2D eigenvalue weighted by atomic mass is 9.96. The van der Waals surface area contributed by atoms with Gasteiger partial charge in [-0.2, -0.15) is 0 Å². The molecule has 1 saturated heterocycles. The minimum atomic E-state index is -4.71. The highest BCUT2D eigenvalue weighted by Crippen LogP contribution is 2.36. The van der Waals surface area contributed by atoms with Crippen molar-refractivity contribution in [2.24, 2.45) is 0 Å². The number of nitrogens with one attached hydrogen (secondary N) is 1. The highest BCUT2D eigenvalue weighted by Gasteiger charge is 2.31. The van der Waals surface area contributed by atoms with Gasteiger partial charge < -0.3 is 10.1 Å². The van der Waals surface area contributed by atoms with E-state index in [1.807, 2.05) is 6.07 Å². The third kappa shape index (κ3) is 4.82. The number of hydrogen-bond acceptors (Lipinski definition) is 3. The minimum absolute atomic E-state index is 0.179. The Balaban J connectivity index is 1.95. The lowest BCUT2D eigenvalue weighted by Crippen LogP contribution is -2.45. The second kappa shape index (κ2) is 8.05. The molecule has 0 bridgehead atoms. The molecule has 26 heavy (non-hydrogen) atoms. The molecule has 1 atom stereocenters. The molecule has 1 aliphatic heterocycles. The van der Waals surface area contributed by atoms with Crippen LogP contribution in [0, 0.1) is 0 Å². The van der Waals surface area contributed by atoms with Gasteiger partial charge in [0, 0.05) is 36.2 Å². The van der Waals surface area contributed by atoms with Gasteiger partial charge in [-0.3, -0.25) is 4.90 Å². The molecule has 8 heteroatoms. The first-order valence-corrected chi connectivity index (χ1v) is 8.84. The molecular formula is C18H17Cl2F3N2O. The highest BCUT2D eigenvalue weighted by atomic mass is 35.5. The van der Waals surface area contributed by atoms with Crippen molar-refractivity contribution in [3.8, 4) is 5.75 Å². The average Bonchev–Trinajstić information content (AvgIpc) is 2.58. The molecular weight excluding hydrogens is 388 g/mol. The Bertz CT molecular complexity index is 747. The van der Waals surface area contributed by atoms with Crippen molar-refractivity contribution >= 4 is 23.2 Å². The van der Waals surface area contributed by atoms with Crippen LogP contribution in [0.2, 0.25) is 10.0 Å². The first kappa shape index (κ1) is 19.3. The average molecular weight is 405 g/mol. The van der Waals surface area contributed by atoms with Crippen LogP contribution in [0.3, 0.4) is 0 Å². The molecule has 140 valence electrons. The molecule has 0 saturated carbocycles. The second-order valence-corrected chi connectivity index (χ2v) is 6.81. The Morgan fingerprint density at radius 3 is 2.23 bits per heavy atom. The van der Waals surface area contributed by atoms with Crippen molar-refractivity contribution in [2.75, 3.05) is 26.2 Å². The zero-order valence-electron chi connectivity index (χ0n) is 13.7. The van der Waals surface area contributed by atoms with Crippen LogP contribution in [0.4, 0.5) is 13.2 Å². The van der Waals surface area contributed by atoms with Gasteiger partial charge in [0.15, 0.2) is 0 Å². The zero-order valence-corrected chi connectivity index (χ0v) is 15.2. The van der Waals surface area contributed by atoms with Crippen LogP contribution in [0.1, 0.15) is 17.2 Å². The zero-order chi connectivity index (χ0) is 18.7. The molecule has 0 spiro atoms. The second-order valence-electron chi connectivity index (χ2n) is 5.97. The number of ether oxygens (including phenoxy) is 1. The molecule has 0 unspecified atom stereocenters. The van der Waals surface area contributed by atoms with Gasteiger partial charge in [0.1, 0.15) is 5.75 Å². The van der Waals surface area contributed by atoms with Crippen LogP contribution >= 0.6 is 23.2 Å². The van der Waals surface area contributed by atoms with E-state index in [-0.39, 0.29) is 11.8 Å². The van der Waals surface area contributed by atoms with Gasteiger partial charge in [-0.25, -0.2) is 0 Å². The van der Waals surface area contributed by atoms with E-state index >= 15 is 0 Å². The van der Waals surface area contributed by atoms with Gasteiger partial charge in [-0.05, 0) is 35.4 Å². The maximum atomic E-state index is 12.4. The summed E-state index contributed by atoms with van der Waals surface area (Å²) in [4.78, 5) is 2.24. The summed E-state index contributed by atoms with van der Waals surface area (Å²) in [5, 5.41) is 4.35. The fourth-order valence-electron chi connectivity index (χ4n) is 3.10. The third-order valence-corrected chi connectivity index (χ3v) is 4.77. The third-order valence-electron chi connectivity index (χ3n) is 4.20. The van der Waals surface area contributed by atoms with E-state index in [1.54, 1.807) is 24.3 Å². The highest BCUT2D eigenvalue weighted by molar-refractivity contribution is 6.35. The molecule has 0 aliphatic carbocycles. The SMILES string of the molecule is FC(F)(F)Oc1ccc([C@H](c2ccc(Cl)cc2Cl)N2CCNCC2)cc1. The summed E-state index contributed by atoms with van der Waals surface area (Å²) in [6.45, 7) is 3.25. The van der Waals surface area contributed by atoms with E-state index in [2.05, 4.69) is 15.0 Å². The fraction of sp³-hybridized carbons (Fsp3) is 0.333. The van der Waals surface area contributed by atoms with Crippen molar-refractivity contribution < 1.29 is 17.9 Å². The first-order chi connectivity index (χ1) is 12.3. The van der Waals surface area contributed by atoms with Crippen LogP contribution in [0.5, 0.6) is 5.75 Å². The molecule has 1 heterocycles. The first-order valence-electron chi connectivity index (χ1n) is 8.09. The number of rotatable bonds is 4. The Hall–Kier alpha value is -1.47. The molecule has 1 fully saturated rings. The summed E-state index contributed by atoms with van der Waals surface area (Å²) in [5.74, 6) is -0.248. The predicted octanol–water partition coefficient (Wildman–Crippen LogP) is 4.89. The fourth-order valence-corrected chi connectivity index (χ4v) is 3.61. The Labute approximate surface area is 159 Å². The van der Waals surface area contributed by atoms with E-state index in [0.717, 1.165) is 37.3 Å². The van der Waals surface area contributed by atoms with E-state index in [9.17, 15) is 13.2 Å². The molecule has 0 aromatic heterocycles. The Morgan fingerprint density at radius 2 is 1.65 bits per heavy atom. The van der Waals surface area contributed by atoms with Crippen LogP contribution < -0.4 is 10.1 Å². The van der Waals surface area contributed by atoms with Gasteiger partial charge in [0.25, 0.3) is 0 Å². The summed E-state index contributed by atoms with van der Waals surface area (Å²) >= 11 is 12.4. The van der Waals surface area contributed by atoms with Gasteiger partial charge in [-0.1, -0.05) is 41.4 Å². The van der Waals surface area contributed by atoms with Crippen molar-refractivity contribution in [3.63, 3.8) is 0 Å². The number of alkyl halides is 3. The Morgan fingerprint density at radius 1 is 1.00 bits per heavy atom. The molecule has 2 aromatic carbocycles. The lowest BCUT2D eigenvalue weighted by molar-refractivity contribution is -0.274. The topological polar surface area (TPSA) is 24.5 Å². The van der Waals surface area contributed by atoms with Crippen molar-refractivity contribution in [3.05, 3.63) is 63.6 Å². The van der Waals surface area contributed by atoms with Crippen LogP contribution in [0.25, 0.3) is 0 Å². The van der Waals surface area contributed by atoms with Gasteiger partial charge in [0.2, 0.25) is 0 Å². The van der Waals surface area contributed by atoms with Gasteiger partial charge >= 0.3 is 6.36 Å². The smallest absolute Gasteiger partial charge is 0.406 e. The largest absolute Gasteiger partial charge is 0.573 e. The summed E-state index contributed by atoms with van der Waals surface area (Å²) in [6.07, 6.45) is -4.71. The van der Waals surface area contributed by atoms with E-state index in [4.69, 9.17) is 23.2 Å². The summed E-state index contributed by atoms with van der Waals surface area (Å²) < 4.78 is 41.1. The lowest BCUT2D eigenvalue weighted by Gasteiger charge is -2.36. The number of benzene rings is 2. The molecule has 0 radical (unpaired) electrons. The molecule has 2 aromatic rings. The minimum Gasteiger partial charge on any atom is -0.406 e. The molecule has 1 aliphatic rings. The maximum absolute atomic E-state index is 12.4. The van der Waals surface area contributed by atoms with E-state index in [1.165, 1.54) is 12.1 Å². The summed E-state index contributed by atoms with van der Waals surface area (Å²) in [5.41, 5.74) is 1.70. The number of halogens is 5. The van der Waals surface area contributed by atoms with Crippen molar-refractivity contribution in [2.45, 2.75) is 12.4 Å². The van der Waals surface area contributed by atoms with Gasteiger partial charge in [-0.15, -0.1) is 13.2 Å². The van der Waals surface area contributed by atoms with Crippen molar-refractivity contribution in [1.29, 1.82) is 0 Å². The predicted molar refractivity (Wildman–Crippen MR) is 95.9 cm³/mol. The number of hydrogen-bond donors (Lipinski definition) is 1. The monoisotopic (exact) mass is 404 g/mol. The molecule has 1 N–H and O–H groups in total. The van der Waals surface area contributed by atoms with Crippen LogP contribution in [-0.2, 0) is 0 Å². The number of piperazine rings is 1. The van der Waals surface area contributed by atoms with E-state index < -0.39 is 6.36 Å². The quantitative estimate of drug-likeness (QED) is 0.785. The maximum Gasteiger partial charge on any atom is 0.573 e.